The van der Waals surface area contributed by atoms with Crippen LogP contribution in [0.15, 0.2) is 42.6 Å². The van der Waals surface area contributed by atoms with E-state index in [2.05, 4.69) is 30.8 Å². The van der Waals surface area contributed by atoms with E-state index in [1.807, 2.05) is 68.5 Å². The van der Waals surface area contributed by atoms with Crippen molar-refractivity contribution in [2.45, 2.75) is 6.92 Å². The molecule has 4 aromatic rings. The largest absolute Gasteiger partial charge is 0.349 e. The third kappa shape index (κ3) is 4.02. The summed E-state index contributed by atoms with van der Waals surface area (Å²) in [4.78, 5) is 23.4. The molecule has 0 radical (unpaired) electrons. The first kappa shape index (κ1) is 18.8. The van der Waals surface area contributed by atoms with E-state index in [1.54, 1.807) is 0 Å². The zero-order valence-corrected chi connectivity index (χ0v) is 16.7. The fourth-order valence-electron chi connectivity index (χ4n) is 3.14. The molecule has 8 heteroatoms. The fourth-order valence-corrected chi connectivity index (χ4v) is 3.14. The highest BCUT2D eigenvalue weighted by Crippen LogP contribution is 2.23. The lowest BCUT2D eigenvalue weighted by atomic mass is 10.1. The maximum Gasteiger partial charge on any atom is 0.272 e. The molecule has 0 saturated carbocycles. The van der Waals surface area contributed by atoms with Crippen molar-refractivity contribution in [3.05, 3.63) is 53.9 Å². The smallest absolute Gasteiger partial charge is 0.272 e. The highest BCUT2D eigenvalue weighted by molar-refractivity contribution is 6.05. The van der Waals surface area contributed by atoms with Gasteiger partial charge in [-0.25, -0.2) is 9.97 Å². The van der Waals surface area contributed by atoms with Crippen LogP contribution >= 0.6 is 0 Å². The van der Waals surface area contributed by atoms with E-state index in [0.29, 0.717) is 18.2 Å². The number of rotatable bonds is 6. The van der Waals surface area contributed by atoms with Gasteiger partial charge in [-0.05, 0) is 44.8 Å². The molecular formula is C21H23N7O. The zero-order chi connectivity index (χ0) is 20.4. The van der Waals surface area contributed by atoms with Crippen LogP contribution in [0.25, 0.3) is 21.8 Å². The zero-order valence-electron chi connectivity index (χ0n) is 16.7. The first-order valence-corrected chi connectivity index (χ1v) is 9.42. The molecule has 0 spiro atoms. The molecule has 4 rings (SSSR count). The second kappa shape index (κ2) is 7.84. The predicted octanol–water partition coefficient (Wildman–Crippen LogP) is 2.85. The number of aromatic nitrogens is 4. The van der Waals surface area contributed by atoms with Gasteiger partial charge < -0.3 is 15.5 Å². The first-order chi connectivity index (χ1) is 14.0. The van der Waals surface area contributed by atoms with Crippen molar-refractivity contribution in [1.82, 2.24) is 30.4 Å². The number of hydrogen-bond donors (Lipinski definition) is 3. The van der Waals surface area contributed by atoms with Gasteiger partial charge in [0.1, 0.15) is 0 Å². The van der Waals surface area contributed by atoms with Crippen molar-refractivity contribution < 1.29 is 4.79 Å². The molecule has 0 fully saturated rings. The number of H-pyrrole nitrogens is 1. The minimum absolute atomic E-state index is 0.188. The minimum atomic E-state index is -0.188. The van der Waals surface area contributed by atoms with Crippen LogP contribution in [0.3, 0.4) is 0 Å². The topological polar surface area (TPSA) is 98.8 Å². The number of para-hydroxylation sites is 1. The number of carbonyl (C=O) groups is 1. The van der Waals surface area contributed by atoms with Gasteiger partial charge in [-0.1, -0.05) is 18.2 Å². The highest BCUT2D eigenvalue weighted by atomic mass is 16.1. The number of nitrogens with zero attached hydrogens (tertiary/aromatic N) is 4. The molecule has 0 bridgehead atoms. The summed E-state index contributed by atoms with van der Waals surface area (Å²) in [6.07, 6.45) is 1.81. The lowest BCUT2D eigenvalue weighted by Crippen LogP contribution is -2.31. The summed E-state index contributed by atoms with van der Waals surface area (Å²) in [6, 6.07) is 11.7. The highest BCUT2D eigenvalue weighted by Gasteiger charge is 2.14. The van der Waals surface area contributed by atoms with E-state index in [9.17, 15) is 4.79 Å². The van der Waals surface area contributed by atoms with Crippen molar-refractivity contribution >= 4 is 39.3 Å². The Hall–Kier alpha value is -3.52. The van der Waals surface area contributed by atoms with E-state index in [0.717, 1.165) is 39.6 Å². The molecule has 0 aliphatic rings. The van der Waals surface area contributed by atoms with Gasteiger partial charge in [0.2, 0.25) is 5.95 Å². The monoisotopic (exact) mass is 389 g/mol. The lowest BCUT2D eigenvalue weighted by molar-refractivity contribution is 0.0947. The Morgan fingerprint density at radius 1 is 1.21 bits per heavy atom. The van der Waals surface area contributed by atoms with Crippen LogP contribution in [-0.4, -0.2) is 58.2 Å². The Labute approximate surface area is 168 Å². The van der Waals surface area contributed by atoms with E-state index in [-0.39, 0.29) is 5.91 Å². The summed E-state index contributed by atoms with van der Waals surface area (Å²) in [7, 11) is 3.93. The van der Waals surface area contributed by atoms with Crippen molar-refractivity contribution in [2.75, 3.05) is 32.5 Å². The predicted molar refractivity (Wildman–Crippen MR) is 115 cm³/mol. The summed E-state index contributed by atoms with van der Waals surface area (Å²) < 4.78 is 0. The number of amides is 1. The molecule has 3 N–H and O–H groups in total. The van der Waals surface area contributed by atoms with E-state index in [4.69, 9.17) is 0 Å². The van der Waals surface area contributed by atoms with Crippen LogP contribution in [0.2, 0.25) is 0 Å². The summed E-state index contributed by atoms with van der Waals surface area (Å²) in [5, 5.41) is 15.0. The number of anilines is 2. The molecule has 0 saturated heterocycles. The van der Waals surface area contributed by atoms with Crippen LogP contribution in [0.5, 0.6) is 0 Å². The van der Waals surface area contributed by atoms with Gasteiger partial charge in [-0.15, -0.1) is 0 Å². The van der Waals surface area contributed by atoms with Gasteiger partial charge in [0.05, 0.1) is 11.0 Å². The van der Waals surface area contributed by atoms with Crippen molar-refractivity contribution in [3.8, 4) is 0 Å². The molecule has 8 nitrogen and oxygen atoms in total. The molecule has 2 aromatic heterocycles. The van der Waals surface area contributed by atoms with Crippen molar-refractivity contribution in [1.29, 1.82) is 0 Å². The molecule has 2 aromatic carbocycles. The number of nitrogens with one attached hydrogen (secondary N) is 3. The van der Waals surface area contributed by atoms with Gasteiger partial charge in [0.25, 0.3) is 5.91 Å². The second-order valence-electron chi connectivity index (χ2n) is 7.22. The van der Waals surface area contributed by atoms with Crippen LogP contribution in [-0.2, 0) is 0 Å². The number of carbonyl (C=O) groups excluding carboxylic acids is 1. The Balaban J connectivity index is 1.54. The van der Waals surface area contributed by atoms with Gasteiger partial charge in [0.15, 0.2) is 5.69 Å². The normalized spacial score (nSPS) is 11.3. The molecule has 0 aliphatic heterocycles. The van der Waals surface area contributed by atoms with Crippen LogP contribution in [0, 0.1) is 6.92 Å². The lowest BCUT2D eigenvalue weighted by Gasteiger charge is -2.09. The van der Waals surface area contributed by atoms with Crippen LogP contribution < -0.4 is 10.6 Å². The Morgan fingerprint density at radius 3 is 2.90 bits per heavy atom. The molecule has 0 atom stereocenters. The molecule has 0 aliphatic carbocycles. The number of aromatic amines is 1. The van der Waals surface area contributed by atoms with E-state index >= 15 is 0 Å². The summed E-state index contributed by atoms with van der Waals surface area (Å²) in [5.74, 6) is 0.333. The Kier molecular flexibility index (Phi) is 5.09. The quantitative estimate of drug-likeness (QED) is 0.469. The van der Waals surface area contributed by atoms with Gasteiger partial charge in [0, 0.05) is 35.7 Å². The molecular weight excluding hydrogens is 366 g/mol. The summed E-state index contributed by atoms with van der Waals surface area (Å²) >= 11 is 0. The average molecular weight is 389 g/mol. The van der Waals surface area contributed by atoms with Crippen molar-refractivity contribution in [2.24, 2.45) is 0 Å². The van der Waals surface area contributed by atoms with Crippen LogP contribution in [0.1, 0.15) is 16.1 Å². The van der Waals surface area contributed by atoms with E-state index in [1.165, 1.54) is 0 Å². The fraction of sp³-hybridized carbons (Fsp3) is 0.238. The first-order valence-electron chi connectivity index (χ1n) is 9.42. The number of hydrogen-bond acceptors (Lipinski definition) is 6. The number of benzene rings is 2. The third-order valence-electron chi connectivity index (χ3n) is 4.69. The number of fused-ring (bicyclic) bond motifs is 2. The molecule has 29 heavy (non-hydrogen) atoms. The third-order valence-corrected chi connectivity index (χ3v) is 4.69. The number of likely N-dealkylation sites (N-methyl/N-ethyl adjacent to an activating group) is 1. The maximum absolute atomic E-state index is 12.4. The van der Waals surface area contributed by atoms with Gasteiger partial charge in [-0.2, -0.15) is 5.10 Å². The standard InChI is InChI=1S/C21H23N7O/c1-13-5-4-6-14-12-23-21(25-18(13)14)24-15-7-8-16-17(11-15)26-27-19(16)20(29)22-9-10-28(2)3/h4-8,11-12H,9-10H2,1-3H3,(H,22,29)(H,26,27)(H,23,24,25). The Morgan fingerprint density at radius 2 is 2.07 bits per heavy atom. The number of aryl methyl sites for hydroxylation is 1. The molecule has 148 valence electrons. The van der Waals surface area contributed by atoms with E-state index < -0.39 is 0 Å². The molecule has 2 heterocycles. The second-order valence-corrected chi connectivity index (χ2v) is 7.22. The average Bonchev–Trinajstić information content (AvgIpc) is 3.11. The summed E-state index contributed by atoms with van der Waals surface area (Å²) in [6.45, 7) is 3.37. The van der Waals surface area contributed by atoms with Crippen LogP contribution in [0.4, 0.5) is 11.6 Å². The SMILES string of the molecule is Cc1cccc2cnc(Nc3ccc4c(C(=O)NCCN(C)C)n[nH]c4c3)nc12. The van der Waals surface area contributed by atoms with Gasteiger partial charge >= 0.3 is 0 Å². The Bertz CT molecular complexity index is 1180. The van der Waals surface area contributed by atoms with Gasteiger partial charge in [-0.3, -0.25) is 9.89 Å². The summed E-state index contributed by atoms with van der Waals surface area (Å²) in [5.41, 5.74) is 3.99. The molecule has 0 unspecified atom stereocenters. The van der Waals surface area contributed by atoms with Crippen molar-refractivity contribution in [3.63, 3.8) is 0 Å². The molecule has 1 amide bonds. The maximum atomic E-state index is 12.4. The minimum Gasteiger partial charge on any atom is -0.349 e.